The first-order chi connectivity index (χ1) is 15.0. The van der Waals surface area contributed by atoms with Crippen LogP contribution in [0.2, 0.25) is 0 Å². The van der Waals surface area contributed by atoms with Gasteiger partial charge < -0.3 is 5.11 Å². The summed E-state index contributed by atoms with van der Waals surface area (Å²) < 4.78 is 0. The molecule has 0 heterocycles. The Labute approximate surface area is 193 Å². The van der Waals surface area contributed by atoms with Gasteiger partial charge >= 0.3 is 5.97 Å². The zero-order chi connectivity index (χ0) is 22.5. The fraction of sp³-hybridized carbons (Fsp3) is 0.828. The van der Waals surface area contributed by atoms with Gasteiger partial charge in [0.15, 0.2) is 0 Å². The monoisotopic (exact) mass is 430 g/mol. The summed E-state index contributed by atoms with van der Waals surface area (Å²) in [6.45, 7) is 6.01. The minimum atomic E-state index is -0.706. The second kappa shape index (κ2) is 14.9. The molecule has 0 radical (unpaired) electrons. The van der Waals surface area contributed by atoms with E-state index in [2.05, 4.69) is 25.2 Å². The maximum absolute atomic E-state index is 9.93. The Morgan fingerprint density at radius 2 is 1.65 bits per heavy atom. The summed E-state index contributed by atoms with van der Waals surface area (Å²) in [4.78, 5) is 9.93. The van der Waals surface area contributed by atoms with Gasteiger partial charge in [0.25, 0.3) is 0 Å². The Hall–Kier alpha value is -1.05. The normalized spacial score (nSPS) is 26.2. The van der Waals surface area contributed by atoms with Crippen molar-refractivity contribution in [1.82, 2.24) is 0 Å². The van der Waals surface area contributed by atoms with Crippen LogP contribution in [0.5, 0.6) is 0 Å². The van der Waals surface area contributed by atoms with E-state index in [0.29, 0.717) is 0 Å². The number of carboxylic acid groups (broad SMARTS) is 1. The molecule has 31 heavy (non-hydrogen) atoms. The highest BCUT2D eigenvalue weighted by Crippen LogP contribution is 2.42. The lowest BCUT2D eigenvalue weighted by molar-refractivity contribution is -0.141. The summed E-state index contributed by atoms with van der Waals surface area (Å²) in [7, 11) is 0. The third-order valence-corrected chi connectivity index (χ3v) is 8.22. The quantitative estimate of drug-likeness (QED) is 0.314. The summed E-state index contributed by atoms with van der Waals surface area (Å²) >= 11 is 0. The molecule has 1 N–H and O–H groups in total. The van der Waals surface area contributed by atoms with E-state index in [-0.39, 0.29) is 5.92 Å². The van der Waals surface area contributed by atoms with Crippen molar-refractivity contribution in [2.24, 2.45) is 29.6 Å². The van der Waals surface area contributed by atoms with Crippen molar-refractivity contribution in [3.63, 3.8) is 0 Å². The van der Waals surface area contributed by atoms with Crippen molar-refractivity contribution < 1.29 is 9.90 Å². The van der Waals surface area contributed by atoms with E-state index in [1.807, 2.05) is 6.92 Å². The van der Waals surface area contributed by atoms with Gasteiger partial charge in [0, 0.05) is 0 Å². The molecule has 0 bridgehead atoms. The van der Waals surface area contributed by atoms with E-state index in [1.54, 1.807) is 12.5 Å². The standard InChI is InChI=1S/C24H40.C5H10O2/c1-20-18-19-22-15-9-10-17-24(22)23(20)16-8-6-4-2-3-5-7-12-21-13-11-14-21;1-3-4(2)5(6)7/h15,18-21,23-24H,2-14,16-17H2,1H3;4H,3H2,1-2H3,(H,6,7)/t20-,23-,24-;/m0./s1. The number of hydrogen-bond acceptors (Lipinski definition) is 1. The van der Waals surface area contributed by atoms with Gasteiger partial charge in [-0.1, -0.05) is 110 Å². The maximum atomic E-state index is 9.93. The molecule has 1 unspecified atom stereocenters. The maximum Gasteiger partial charge on any atom is 0.306 e. The lowest BCUT2D eigenvalue weighted by Gasteiger charge is -2.37. The first-order valence-corrected chi connectivity index (χ1v) is 13.6. The lowest BCUT2D eigenvalue weighted by atomic mass is 9.68. The Bertz CT molecular complexity index is 557. The van der Waals surface area contributed by atoms with Crippen molar-refractivity contribution >= 4 is 5.97 Å². The van der Waals surface area contributed by atoms with Crippen molar-refractivity contribution in [3.8, 4) is 0 Å². The number of aliphatic carboxylic acids is 1. The average molecular weight is 431 g/mol. The topological polar surface area (TPSA) is 37.3 Å². The van der Waals surface area contributed by atoms with Crippen LogP contribution in [-0.4, -0.2) is 11.1 Å². The number of fused-ring (bicyclic) bond motifs is 1. The fourth-order valence-corrected chi connectivity index (χ4v) is 5.47. The zero-order valence-corrected chi connectivity index (χ0v) is 20.8. The minimum Gasteiger partial charge on any atom is -0.481 e. The van der Waals surface area contributed by atoms with Gasteiger partial charge in [-0.25, -0.2) is 0 Å². The molecule has 1 saturated carbocycles. The first-order valence-electron chi connectivity index (χ1n) is 13.6. The number of unbranched alkanes of at least 4 members (excludes halogenated alkanes) is 6. The van der Waals surface area contributed by atoms with Crippen LogP contribution in [0.25, 0.3) is 0 Å². The molecule has 2 heteroatoms. The van der Waals surface area contributed by atoms with Crippen LogP contribution < -0.4 is 0 Å². The molecule has 3 aliphatic carbocycles. The number of hydrogen-bond donors (Lipinski definition) is 1. The molecule has 0 aromatic rings. The minimum absolute atomic E-state index is 0.181. The van der Waals surface area contributed by atoms with Gasteiger partial charge in [-0.2, -0.15) is 0 Å². The van der Waals surface area contributed by atoms with Crippen LogP contribution in [0.4, 0.5) is 0 Å². The van der Waals surface area contributed by atoms with E-state index in [0.717, 1.165) is 30.1 Å². The third-order valence-electron chi connectivity index (χ3n) is 8.22. The van der Waals surface area contributed by atoms with Crippen molar-refractivity contribution in [2.75, 3.05) is 0 Å². The van der Waals surface area contributed by atoms with Gasteiger partial charge in [-0.15, -0.1) is 0 Å². The summed E-state index contributed by atoms with van der Waals surface area (Å²) in [6, 6.07) is 0. The van der Waals surface area contributed by atoms with Crippen LogP contribution in [0.15, 0.2) is 23.8 Å². The van der Waals surface area contributed by atoms with Gasteiger partial charge in [0.2, 0.25) is 0 Å². The summed E-state index contributed by atoms with van der Waals surface area (Å²) in [6.07, 6.45) is 30.3. The Morgan fingerprint density at radius 1 is 1.00 bits per heavy atom. The van der Waals surface area contributed by atoms with Gasteiger partial charge in [0.1, 0.15) is 0 Å². The fourth-order valence-electron chi connectivity index (χ4n) is 5.47. The zero-order valence-electron chi connectivity index (χ0n) is 20.8. The van der Waals surface area contributed by atoms with E-state index in [4.69, 9.17) is 5.11 Å². The van der Waals surface area contributed by atoms with Crippen molar-refractivity contribution in [3.05, 3.63) is 23.8 Å². The van der Waals surface area contributed by atoms with Gasteiger partial charge in [-0.3, -0.25) is 4.79 Å². The van der Waals surface area contributed by atoms with E-state index in [9.17, 15) is 4.79 Å². The van der Waals surface area contributed by atoms with E-state index < -0.39 is 5.97 Å². The predicted molar refractivity (Wildman–Crippen MR) is 133 cm³/mol. The van der Waals surface area contributed by atoms with Crippen LogP contribution >= 0.6 is 0 Å². The highest BCUT2D eigenvalue weighted by atomic mass is 16.4. The molecule has 0 amide bonds. The van der Waals surface area contributed by atoms with Crippen LogP contribution in [-0.2, 0) is 4.79 Å². The number of carbonyl (C=O) groups is 1. The third kappa shape index (κ3) is 9.54. The molecule has 0 saturated heterocycles. The summed E-state index contributed by atoms with van der Waals surface area (Å²) in [5, 5.41) is 8.18. The van der Waals surface area contributed by atoms with Crippen LogP contribution in [0.3, 0.4) is 0 Å². The van der Waals surface area contributed by atoms with E-state index >= 15 is 0 Å². The SMILES string of the molecule is CCC(C)C(=O)O.C[C@H]1C=CC2=CCCC[C@@H]2[C@H]1CCCCCCCCCC1CCC1. The first kappa shape index (κ1) is 26.2. The number of allylic oxidation sites excluding steroid dienone is 4. The molecule has 1 fully saturated rings. The second-order valence-corrected chi connectivity index (χ2v) is 10.6. The molecule has 0 aliphatic heterocycles. The molecular formula is C29H50O2. The Kier molecular flexibility index (Phi) is 12.6. The average Bonchev–Trinajstić information content (AvgIpc) is 2.74. The summed E-state index contributed by atoms with van der Waals surface area (Å²) in [5.41, 5.74) is 1.68. The van der Waals surface area contributed by atoms with Crippen molar-refractivity contribution in [2.45, 2.75) is 124 Å². The molecule has 3 aliphatic rings. The van der Waals surface area contributed by atoms with Gasteiger partial charge in [0.05, 0.1) is 5.92 Å². The van der Waals surface area contributed by atoms with Crippen LogP contribution in [0, 0.1) is 29.6 Å². The highest BCUT2D eigenvalue weighted by molar-refractivity contribution is 5.69. The molecule has 0 spiro atoms. The smallest absolute Gasteiger partial charge is 0.306 e. The molecule has 0 aromatic carbocycles. The van der Waals surface area contributed by atoms with Crippen molar-refractivity contribution in [1.29, 1.82) is 0 Å². The second-order valence-electron chi connectivity index (χ2n) is 10.6. The van der Waals surface area contributed by atoms with E-state index in [1.165, 1.54) is 96.3 Å². The predicted octanol–water partition coefficient (Wildman–Crippen LogP) is 8.96. The molecular weight excluding hydrogens is 380 g/mol. The molecule has 3 rings (SSSR count). The van der Waals surface area contributed by atoms with Crippen LogP contribution in [0.1, 0.15) is 124 Å². The Balaban J connectivity index is 0.000000423. The number of carboxylic acids is 1. The molecule has 2 nitrogen and oxygen atoms in total. The lowest BCUT2D eigenvalue weighted by Crippen LogP contribution is -2.27. The summed E-state index contributed by atoms with van der Waals surface area (Å²) in [5.74, 6) is 2.86. The Morgan fingerprint density at radius 3 is 2.19 bits per heavy atom. The molecule has 178 valence electrons. The molecule has 4 atom stereocenters. The number of rotatable bonds is 12. The highest BCUT2D eigenvalue weighted by Gasteiger charge is 2.31. The van der Waals surface area contributed by atoms with Gasteiger partial charge in [-0.05, 0) is 61.3 Å². The molecule has 0 aromatic heterocycles. The largest absolute Gasteiger partial charge is 0.481 e.